The Kier molecular flexibility index (Phi) is 3.49. The molecule has 1 aliphatic rings. The molecule has 8 nitrogen and oxygen atoms in total. The summed E-state index contributed by atoms with van der Waals surface area (Å²) in [4.78, 5) is 26.5. The molecule has 0 spiro atoms. The van der Waals surface area contributed by atoms with Crippen molar-refractivity contribution in [2.75, 3.05) is 6.54 Å². The highest BCUT2D eigenvalue weighted by Crippen LogP contribution is 2.13. The van der Waals surface area contributed by atoms with Gasteiger partial charge in [0, 0.05) is 18.9 Å². The van der Waals surface area contributed by atoms with E-state index in [-0.39, 0.29) is 11.4 Å². The number of aliphatic hydroxyl groups is 1. The fourth-order valence-electron chi connectivity index (χ4n) is 1.66. The number of amides is 2. The Morgan fingerprint density at radius 2 is 2.26 bits per heavy atom. The van der Waals surface area contributed by atoms with Crippen molar-refractivity contribution < 1.29 is 23.1 Å². The van der Waals surface area contributed by atoms with Crippen LogP contribution in [-0.2, 0) is 19.6 Å². The third-order valence-electron chi connectivity index (χ3n) is 2.61. The summed E-state index contributed by atoms with van der Waals surface area (Å²) in [6, 6.07) is 2.66. The summed E-state index contributed by atoms with van der Waals surface area (Å²) in [5.74, 6) is -3.19. The average molecular weight is 285 g/mol. The van der Waals surface area contributed by atoms with E-state index >= 15 is 0 Å². The van der Waals surface area contributed by atoms with Crippen LogP contribution in [0.2, 0.25) is 0 Å². The molecule has 0 aromatic carbocycles. The van der Waals surface area contributed by atoms with E-state index in [1.54, 1.807) is 4.72 Å². The Balaban J connectivity index is 2.17. The minimum absolute atomic E-state index is 0.0795. The monoisotopic (exact) mass is 285 g/mol. The third kappa shape index (κ3) is 2.71. The summed E-state index contributed by atoms with van der Waals surface area (Å²) in [7, 11) is -4.10. The van der Waals surface area contributed by atoms with Gasteiger partial charge in [0.05, 0.1) is 6.10 Å². The fraction of sp³-hybridized carbons (Fsp3) is 0.300. The van der Waals surface area contributed by atoms with E-state index in [0.29, 0.717) is 0 Å². The van der Waals surface area contributed by atoms with Crippen molar-refractivity contribution in [3.05, 3.63) is 24.5 Å². The van der Waals surface area contributed by atoms with E-state index < -0.39 is 33.9 Å². The van der Waals surface area contributed by atoms with E-state index in [2.05, 4.69) is 10.3 Å². The van der Waals surface area contributed by atoms with Gasteiger partial charge in [0.15, 0.2) is 0 Å². The van der Waals surface area contributed by atoms with Crippen LogP contribution in [0.3, 0.4) is 0 Å². The number of hydrogen-bond acceptors (Lipinski definition) is 6. The number of sulfonamides is 1. The zero-order chi connectivity index (χ0) is 14.0. The van der Waals surface area contributed by atoms with Crippen molar-refractivity contribution in [2.24, 2.45) is 5.92 Å². The highest BCUT2D eigenvalue weighted by Gasteiger charge is 2.40. The second-order valence-corrected chi connectivity index (χ2v) is 5.63. The standard InChI is InChI=1S/C10H11N3O5S/c14-7-5-12-9(15)8(7)10(16)13-19(17,18)6-2-1-3-11-4-6/h1-4,7-8,14H,5H2,(H,12,15)(H,13,16). The molecule has 2 heterocycles. The number of aliphatic hydroxyl groups excluding tert-OH is 1. The van der Waals surface area contributed by atoms with Gasteiger partial charge in [0.2, 0.25) is 11.8 Å². The Morgan fingerprint density at radius 1 is 1.53 bits per heavy atom. The maximum atomic E-state index is 11.8. The number of nitrogens with zero attached hydrogens (tertiary/aromatic N) is 1. The highest BCUT2D eigenvalue weighted by molar-refractivity contribution is 7.90. The molecule has 1 fully saturated rings. The van der Waals surface area contributed by atoms with Gasteiger partial charge in [-0.2, -0.15) is 0 Å². The molecular formula is C10H11N3O5S. The SMILES string of the molecule is O=C1NCC(O)C1C(=O)NS(=O)(=O)c1cccnc1. The smallest absolute Gasteiger partial charge is 0.265 e. The van der Waals surface area contributed by atoms with Gasteiger partial charge in [-0.05, 0) is 12.1 Å². The van der Waals surface area contributed by atoms with Gasteiger partial charge >= 0.3 is 0 Å². The first-order valence-electron chi connectivity index (χ1n) is 5.34. The lowest BCUT2D eigenvalue weighted by molar-refractivity contribution is -0.134. The maximum absolute atomic E-state index is 11.8. The first-order chi connectivity index (χ1) is 8.92. The summed E-state index contributed by atoms with van der Waals surface area (Å²) in [5.41, 5.74) is 0. The lowest BCUT2D eigenvalue weighted by Gasteiger charge is -2.12. The Hall–Kier alpha value is -2.00. The van der Waals surface area contributed by atoms with Gasteiger partial charge in [-0.25, -0.2) is 13.1 Å². The fourth-order valence-corrected chi connectivity index (χ4v) is 2.63. The normalized spacial score (nSPS) is 22.9. The van der Waals surface area contributed by atoms with Gasteiger partial charge in [-0.3, -0.25) is 14.6 Å². The molecule has 3 N–H and O–H groups in total. The molecule has 9 heteroatoms. The van der Waals surface area contributed by atoms with Crippen LogP contribution in [0, 0.1) is 5.92 Å². The predicted molar refractivity (Wildman–Crippen MR) is 62.1 cm³/mol. The zero-order valence-electron chi connectivity index (χ0n) is 9.61. The van der Waals surface area contributed by atoms with E-state index in [4.69, 9.17) is 0 Å². The molecule has 2 amide bonds. The summed E-state index contributed by atoms with van der Waals surface area (Å²) in [5, 5.41) is 11.7. The van der Waals surface area contributed by atoms with Crippen LogP contribution in [0.4, 0.5) is 0 Å². The average Bonchev–Trinajstić information content (AvgIpc) is 2.69. The molecule has 102 valence electrons. The van der Waals surface area contributed by atoms with Crippen LogP contribution in [0.15, 0.2) is 29.4 Å². The maximum Gasteiger partial charge on any atom is 0.265 e. The van der Waals surface area contributed by atoms with Gasteiger partial charge in [0.25, 0.3) is 10.0 Å². The number of hydrogen-bond donors (Lipinski definition) is 3. The number of rotatable bonds is 3. The molecule has 19 heavy (non-hydrogen) atoms. The van der Waals surface area contributed by atoms with E-state index in [0.717, 1.165) is 6.20 Å². The van der Waals surface area contributed by atoms with Crippen LogP contribution in [-0.4, -0.2) is 43.0 Å². The van der Waals surface area contributed by atoms with E-state index in [1.165, 1.54) is 18.3 Å². The second-order valence-electron chi connectivity index (χ2n) is 3.95. The number of carbonyl (C=O) groups is 2. The van der Waals surface area contributed by atoms with Crippen molar-refractivity contribution in [3.63, 3.8) is 0 Å². The van der Waals surface area contributed by atoms with Crippen molar-refractivity contribution in [1.29, 1.82) is 0 Å². The lowest BCUT2D eigenvalue weighted by Crippen LogP contribution is -2.42. The lowest BCUT2D eigenvalue weighted by atomic mass is 10.1. The summed E-state index contributed by atoms with van der Waals surface area (Å²) >= 11 is 0. The van der Waals surface area contributed by atoms with Gasteiger partial charge < -0.3 is 10.4 Å². The Bertz CT molecular complexity index is 601. The number of β-amino-alcohol motifs (C(OH)–C–C–N with tert-alkyl or cyclic N) is 1. The molecule has 1 aromatic rings. The van der Waals surface area contributed by atoms with Crippen molar-refractivity contribution in [2.45, 2.75) is 11.0 Å². The van der Waals surface area contributed by atoms with Gasteiger partial charge in [0.1, 0.15) is 10.8 Å². The molecule has 0 bridgehead atoms. The molecule has 2 rings (SSSR count). The van der Waals surface area contributed by atoms with E-state index in [1.807, 2.05) is 0 Å². The first-order valence-corrected chi connectivity index (χ1v) is 6.82. The molecule has 0 aliphatic carbocycles. The summed E-state index contributed by atoms with van der Waals surface area (Å²) in [6.07, 6.45) is 1.21. The molecular weight excluding hydrogens is 274 g/mol. The summed E-state index contributed by atoms with van der Waals surface area (Å²) in [6.45, 7) is -0.0795. The van der Waals surface area contributed by atoms with Crippen LogP contribution < -0.4 is 10.0 Å². The van der Waals surface area contributed by atoms with Crippen LogP contribution in [0.5, 0.6) is 0 Å². The van der Waals surface area contributed by atoms with Gasteiger partial charge in [-0.15, -0.1) is 0 Å². The first kappa shape index (κ1) is 13.4. The largest absolute Gasteiger partial charge is 0.390 e. The van der Waals surface area contributed by atoms with Crippen LogP contribution in [0.25, 0.3) is 0 Å². The predicted octanol–water partition coefficient (Wildman–Crippen LogP) is -2.01. The number of aromatic nitrogens is 1. The van der Waals surface area contributed by atoms with Crippen molar-refractivity contribution in [3.8, 4) is 0 Å². The number of nitrogens with one attached hydrogen (secondary N) is 2. The van der Waals surface area contributed by atoms with Crippen LogP contribution in [0.1, 0.15) is 0 Å². The summed E-state index contributed by atoms with van der Waals surface area (Å²) < 4.78 is 25.4. The highest BCUT2D eigenvalue weighted by atomic mass is 32.2. The molecule has 1 aromatic heterocycles. The minimum Gasteiger partial charge on any atom is -0.390 e. The van der Waals surface area contributed by atoms with Crippen LogP contribution >= 0.6 is 0 Å². The molecule has 0 radical (unpaired) electrons. The van der Waals surface area contributed by atoms with Crippen molar-refractivity contribution in [1.82, 2.24) is 15.0 Å². The number of carbonyl (C=O) groups excluding carboxylic acids is 2. The van der Waals surface area contributed by atoms with Gasteiger partial charge in [-0.1, -0.05) is 0 Å². The van der Waals surface area contributed by atoms with Crippen molar-refractivity contribution >= 4 is 21.8 Å². The third-order valence-corrected chi connectivity index (χ3v) is 3.95. The molecule has 1 saturated heterocycles. The second kappa shape index (κ2) is 4.94. The minimum atomic E-state index is -4.10. The Morgan fingerprint density at radius 3 is 2.79 bits per heavy atom. The molecule has 1 aliphatic heterocycles. The quantitative estimate of drug-likeness (QED) is 0.551. The Labute approximate surface area is 108 Å². The van der Waals surface area contributed by atoms with E-state index in [9.17, 15) is 23.1 Å². The molecule has 0 saturated carbocycles. The number of pyridine rings is 1. The topological polar surface area (TPSA) is 125 Å². The zero-order valence-corrected chi connectivity index (χ0v) is 10.4. The molecule has 2 unspecified atom stereocenters. The molecule has 2 atom stereocenters.